The standard InChI is InChI=1S/C17H23NO4/c1-12(13-3-5-15(22-2)6-4-13)11-16(19)18-9-7-14(8-10-18)17(20)21/h3-6,12,14H,7-11H2,1-2H3,(H,20,21)/t12-/m0/s1. The van der Waals surface area contributed by atoms with Gasteiger partial charge in [0.25, 0.3) is 0 Å². The zero-order chi connectivity index (χ0) is 16.1. The van der Waals surface area contributed by atoms with Gasteiger partial charge in [0.05, 0.1) is 13.0 Å². The molecule has 1 amide bonds. The molecule has 1 aromatic carbocycles. The van der Waals surface area contributed by atoms with Gasteiger partial charge in [0.15, 0.2) is 0 Å². The summed E-state index contributed by atoms with van der Waals surface area (Å²) in [6.07, 6.45) is 1.56. The monoisotopic (exact) mass is 305 g/mol. The first-order chi connectivity index (χ1) is 10.5. The summed E-state index contributed by atoms with van der Waals surface area (Å²) >= 11 is 0. The first-order valence-corrected chi connectivity index (χ1v) is 7.65. The fraction of sp³-hybridized carbons (Fsp3) is 0.529. The van der Waals surface area contributed by atoms with E-state index in [0.29, 0.717) is 32.4 Å². The van der Waals surface area contributed by atoms with Crippen molar-refractivity contribution >= 4 is 11.9 Å². The van der Waals surface area contributed by atoms with E-state index < -0.39 is 5.97 Å². The Hall–Kier alpha value is -2.04. The molecule has 0 spiro atoms. The second kappa shape index (κ2) is 7.29. The number of carbonyl (C=O) groups excluding carboxylic acids is 1. The van der Waals surface area contributed by atoms with Crippen LogP contribution in [0.3, 0.4) is 0 Å². The van der Waals surface area contributed by atoms with Crippen LogP contribution in [0.2, 0.25) is 0 Å². The third-order valence-corrected chi connectivity index (χ3v) is 4.36. The van der Waals surface area contributed by atoms with E-state index in [4.69, 9.17) is 9.84 Å². The van der Waals surface area contributed by atoms with E-state index in [0.717, 1.165) is 11.3 Å². The highest BCUT2D eigenvalue weighted by atomic mass is 16.5. The quantitative estimate of drug-likeness (QED) is 0.907. The second-order valence-corrected chi connectivity index (χ2v) is 5.87. The number of carboxylic acid groups (broad SMARTS) is 1. The van der Waals surface area contributed by atoms with Crippen molar-refractivity contribution in [3.05, 3.63) is 29.8 Å². The van der Waals surface area contributed by atoms with Gasteiger partial charge in [-0.3, -0.25) is 9.59 Å². The lowest BCUT2D eigenvalue weighted by atomic mass is 9.94. The Morgan fingerprint density at radius 2 is 1.86 bits per heavy atom. The summed E-state index contributed by atoms with van der Waals surface area (Å²) in [5.41, 5.74) is 1.11. The summed E-state index contributed by atoms with van der Waals surface area (Å²) in [6, 6.07) is 7.75. The molecular formula is C17H23NO4. The van der Waals surface area contributed by atoms with Crippen molar-refractivity contribution < 1.29 is 19.4 Å². The number of amides is 1. The zero-order valence-corrected chi connectivity index (χ0v) is 13.1. The lowest BCUT2D eigenvalue weighted by Crippen LogP contribution is -2.40. The number of rotatable bonds is 5. The number of carboxylic acids is 1. The number of ether oxygens (including phenoxy) is 1. The molecule has 1 heterocycles. The smallest absolute Gasteiger partial charge is 0.306 e. The first kappa shape index (κ1) is 16.3. The van der Waals surface area contributed by atoms with Crippen LogP contribution < -0.4 is 4.74 Å². The lowest BCUT2D eigenvalue weighted by molar-refractivity contribution is -0.145. The van der Waals surface area contributed by atoms with Gasteiger partial charge in [0.2, 0.25) is 5.91 Å². The molecule has 1 N–H and O–H groups in total. The molecule has 1 fully saturated rings. The van der Waals surface area contributed by atoms with Gasteiger partial charge in [-0.1, -0.05) is 19.1 Å². The van der Waals surface area contributed by atoms with E-state index in [2.05, 4.69) is 0 Å². The number of methoxy groups -OCH3 is 1. The van der Waals surface area contributed by atoms with Crippen LogP contribution in [0.25, 0.3) is 0 Å². The Morgan fingerprint density at radius 3 is 2.36 bits per heavy atom. The molecule has 1 aliphatic rings. The molecule has 0 aromatic heterocycles. The summed E-state index contributed by atoms with van der Waals surface area (Å²) in [7, 11) is 1.63. The number of hydrogen-bond acceptors (Lipinski definition) is 3. The van der Waals surface area contributed by atoms with Crippen molar-refractivity contribution in [3.63, 3.8) is 0 Å². The SMILES string of the molecule is COc1ccc([C@@H](C)CC(=O)N2CCC(C(=O)O)CC2)cc1. The molecule has 1 atom stereocenters. The fourth-order valence-corrected chi connectivity index (χ4v) is 2.82. The molecular weight excluding hydrogens is 282 g/mol. The van der Waals surface area contributed by atoms with E-state index in [1.807, 2.05) is 31.2 Å². The zero-order valence-electron chi connectivity index (χ0n) is 13.1. The predicted molar refractivity (Wildman–Crippen MR) is 83.0 cm³/mol. The lowest BCUT2D eigenvalue weighted by Gasteiger charge is -2.31. The number of piperidine rings is 1. The molecule has 5 heteroatoms. The van der Waals surface area contributed by atoms with Crippen LogP contribution in [0, 0.1) is 5.92 Å². The van der Waals surface area contributed by atoms with E-state index >= 15 is 0 Å². The van der Waals surface area contributed by atoms with Crippen LogP contribution >= 0.6 is 0 Å². The third kappa shape index (κ3) is 4.00. The number of likely N-dealkylation sites (tertiary alicyclic amines) is 1. The van der Waals surface area contributed by atoms with Crippen LogP contribution in [0.4, 0.5) is 0 Å². The maximum Gasteiger partial charge on any atom is 0.306 e. The summed E-state index contributed by atoms with van der Waals surface area (Å²) in [5.74, 6) is -0.0115. The number of carbonyl (C=O) groups is 2. The summed E-state index contributed by atoms with van der Waals surface area (Å²) in [4.78, 5) is 25.1. The van der Waals surface area contributed by atoms with Crippen LogP contribution in [0.5, 0.6) is 5.75 Å². The van der Waals surface area contributed by atoms with Crippen LogP contribution in [0.1, 0.15) is 37.7 Å². The molecule has 0 saturated carbocycles. The fourth-order valence-electron chi connectivity index (χ4n) is 2.82. The Kier molecular flexibility index (Phi) is 5.41. The molecule has 0 aliphatic carbocycles. The van der Waals surface area contributed by atoms with Gasteiger partial charge in [-0.15, -0.1) is 0 Å². The van der Waals surface area contributed by atoms with Crippen LogP contribution in [0.15, 0.2) is 24.3 Å². The van der Waals surface area contributed by atoms with Crippen molar-refractivity contribution in [1.29, 1.82) is 0 Å². The minimum absolute atomic E-state index is 0.104. The first-order valence-electron chi connectivity index (χ1n) is 7.65. The molecule has 2 rings (SSSR count). The van der Waals surface area contributed by atoms with Crippen molar-refractivity contribution in [2.75, 3.05) is 20.2 Å². The predicted octanol–water partition coefficient (Wildman–Crippen LogP) is 2.51. The van der Waals surface area contributed by atoms with E-state index in [9.17, 15) is 9.59 Å². The molecule has 22 heavy (non-hydrogen) atoms. The minimum atomic E-state index is -0.751. The van der Waals surface area contributed by atoms with Gasteiger partial charge in [0.1, 0.15) is 5.75 Å². The minimum Gasteiger partial charge on any atom is -0.497 e. The molecule has 0 bridgehead atoms. The molecule has 120 valence electrons. The van der Waals surface area contributed by atoms with Gasteiger partial charge < -0.3 is 14.7 Å². The molecule has 0 radical (unpaired) electrons. The Balaban J connectivity index is 1.87. The average Bonchev–Trinajstić information content (AvgIpc) is 2.54. The van der Waals surface area contributed by atoms with Gasteiger partial charge in [-0.05, 0) is 36.5 Å². The van der Waals surface area contributed by atoms with Crippen molar-refractivity contribution in [3.8, 4) is 5.75 Å². The highest BCUT2D eigenvalue weighted by Crippen LogP contribution is 2.24. The Bertz CT molecular complexity index is 518. The Labute approximate surface area is 130 Å². The van der Waals surface area contributed by atoms with Gasteiger partial charge in [-0.25, -0.2) is 0 Å². The van der Waals surface area contributed by atoms with E-state index in [-0.39, 0.29) is 17.7 Å². The summed E-state index contributed by atoms with van der Waals surface area (Å²) in [5, 5.41) is 8.99. The topological polar surface area (TPSA) is 66.8 Å². The maximum absolute atomic E-state index is 12.3. The van der Waals surface area contributed by atoms with Crippen molar-refractivity contribution in [2.45, 2.75) is 32.1 Å². The molecule has 1 saturated heterocycles. The number of hydrogen-bond donors (Lipinski definition) is 1. The molecule has 1 aromatic rings. The van der Waals surface area contributed by atoms with Crippen molar-refractivity contribution in [2.24, 2.45) is 5.92 Å². The van der Waals surface area contributed by atoms with Crippen LogP contribution in [-0.2, 0) is 9.59 Å². The summed E-state index contributed by atoms with van der Waals surface area (Å²) in [6.45, 7) is 3.12. The van der Waals surface area contributed by atoms with Gasteiger partial charge in [0, 0.05) is 19.5 Å². The molecule has 5 nitrogen and oxygen atoms in total. The largest absolute Gasteiger partial charge is 0.497 e. The number of benzene rings is 1. The van der Waals surface area contributed by atoms with E-state index in [1.54, 1.807) is 12.0 Å². The normalized spacial score (nSPS) is 17.1. The molecule has 1 aliphatic heterocycles. The average molecular weight is 305 g/mol. The second-order valence-electron chi connectivity index (χ2n) is 5.87. The highest BCUT2D eigenvalue weighted by molar-refractivity contribution is 5.78. The molecule has 0 unspecified atom stereocenters. The van der Waals surface area contributed by atoms with Crippen LogP contribution in [-0.4, -0.2) is 42.1 Å². The Morgan fingerprint density at radius 1 is 1.27 bits per heavy atom. The number of aliphatic carboxylic acids is 1. The third-order valence-electron chi connectivity index (χ3n) is 4.36. The van der Waals surface area contributed by atoms with Gasteiger partial charge in [-0.2, -0.15) is 0 Å². The van der Waals surface area contributed by atoms with E-state index in [1.165, 1.54) is 0 Å². The number of nitrogens with zero attached hydrogens (tertiary/aromatic N) is 1. The maximum atomic E-state index is 12.3. The summed E-state index contributed by atoms with van der Waals surface area (Å²) < 4.78 is 5.13. The highest BCUT2D eigenvalue weighted by Gasteiger charge is 2.27. The van der Waals surface area contributed by atoms with Crippen molar-refractivity contribution in [1.82, 2.24) is 4.90 Å². The van der Waals surface area contributed by atoms with Gasteiger partial charge >= 0.3 is 5.97 Å².